The predicted octanol–water partition coefficient (Wildman–Crippen LogP) is 0.656. The first-order chi connectivity index (χ1) is 9.27. The number of carboxylic acids is 1. The largest absolute Gasteiger partial charge is 0.480 e. The van der Waals surface area contributed by atoms with Gasteiger partial charge in [-0.1, -0.05) is 6.07 Å². The van der Waals surface area contributed by atoms with Gasteiger partial charge in [-0.25, -0.2) is 12.8 Å². The maximum atomic E-state index is 13.7. The lowest BCUT2D eigenvalue weighted by Gasteiger charge is -2.23. The van der Waals surface area contributed by atoms with E-state index in [1.54, 1.807) is 6.92 Å². The number of benzene rings is 1. The first kappa shape index (κ1) is 14.9. The molecule has 0 aromatic heterocycles. The van der Waals surface area contributed by atoms with Crippen LogP contribution in [0.5, 0.6) is 0 Å². The van der Waals surface area contributed by atoms with Gasteiger partial charge in [-0.3, -0.25) is 4.79 Å². The van der Waals surface area contributed by atoms with Gasteiger partial charge in [0.2, 0.25) is 10.0 Å². The van der Waals surface area contributed by atoms with Crippen molar-refractivity contribution < 1.29 is 27.4 Å². The van der Waals surface area contributed by atoms with Gasteiger partial charge >= 0.3 is 5.97 Å². The van der Waals surface area contributed by atoms with E-state index in [0.29, 0.717) is 5.56 Å². The number of aliphatic carboxylic acids is 1. The van der Waals surface area contributed by atoms with Crippen molar-refractivity contribution in [3.05, 3.63) is 29.6 Å². The van der Waals surface area contributed by atoms with Crippen molar-refractivity contribution in [2.24, 2.45) is 0 Å². The van der Waals surface area contributed by atoms with Gasteiger partial charge in [0.1, 0.15) is 10.7 Å². The fourth-order valence-electron chi connectivity index (χ4n) is 1.99. The summed E-state index contributed by atoms with van der Waals surface area (Å²) in [5.74, 6) is -2.27. The van der Waals surface area contributed by atoms with Crippen LogP contribution in [0.15, 0.2) is 23.1 Å². The second-order valence-electron chi connectivity index (χ2n) is 4.73. The summed E-state index contributed by atoms with van der Waals surface area (Å²) in [6.07, 6.45) is -0.00496. The third-order valence-corrected chi connectivity index (χ3v) is 4.69. The van der Waals surface area contributed by atoms with E-state index < -0.39 is 32.2 Å². The van der Waals surface area contributed by atoms with Crippen molar-refractivity contribution in [2.45, 2.75) is 23.8 Å². The molecule has 110 valence electrons. The van der Waals surface area contributed by atoms with Gasteiger partial charge < -0.3 is 9.84 Å². The Balaban J connectivity index is 2.40. The molecule has 1 aromatic rings. The first-order valence-electron chi connectivity index (χ1n) is 5.88. The lowest BCUT2D eigenvalue weighted by atomic mass is 10.0. The average Bonchev–Trinajstić information content (AvgIpc) is 2.81. The molecule has 0 amide bonds. The molecule has 0 bridgehead atoms. The second-order valence-corrected chi connectivity index (χ2v) is 6.38. The highest BCUT2D eigenvalue weighted by atomic mass is 32.2. The lowest BCUT2D eigenvalue weighted by Crippen LogP contribution is -2.55. The molecular weight excluding hydrogens is 289 g/mol. The molecule has 6 nitrogen and oxygen atoms in total. The molecular formula is C12H14FNO5S. The Kier molecular flexibility index (Phi) is 3.81. The van der Waals surface area contributed by atoms with Crippen LogP contribution in [0, 0.1) is 12.7 Å². The van der Waals surface area contributed by atoms with Gasteiger partial charge in [-0.05, 0) is 24.6 Å². The molecule has 1 unspecified atom stereocenters. The fourth-order valence-corrected chi connectivity index (χ4v) is 3.52. The topological polar surface area (TPSA) is 92.7 Å². The van der Waals surface area contributed by atoms with E-state index in [2.05, 4.69) is 4.72 Å². The Morgan fingerprint density at radius 1 is 1.50 bits per heavy atom. The minimum Gasteiger partial charge on any atom is -0.480 e. The lowest BCUT2D eigenvalue weighted by molar-refractivity contribution is -0.144. The summed E-state index contributed by atoms with van der Waals surface area (Å²) in [6, 6.07) is 3.62. The molecule has 1 atom stereocenters. The third kappa shape index (κ3) is 2.67. The number of aryl methyl sites for hydroxylation is 1. The number of sulfonamides is 1. The van der Waals surface area contributed by atoms with E-state index >= 15 is 0 Å². The van der Waals surface area contributed by atoms with E-state index in [4.69, 9.17) is 4.74 Å². The van der Waals surface area contributed by atoms with E-state index in [0.717, 1.165) is 12.1 Å². The molecule has 1 saturated heterocycles. The van der Waals surface area contributed by atoms with Crippen LogP contribution in [0.1, 0.15) is 12.0 Å². The molecule has 1 aliphatic rings. The quantitative estimate of drug-likeness (QED) is 0.852. The number of carbonyl (C=O) groups is 1. The molecule has 20 heavy (non-hydrogen) atoms. The zero-order valence-electron chi connectivity index (χ0n) is 10.7. The van der Waals surface area contributed by atoms with Crippen molar-refractivity contribution in [3.8, 4) is 0 Å². The van der Waals surface area contributed by atoms with Crippen LogP contribution in [0.3, 0.4) is 0 Å². The molecule has 1 heterocycles. The van der Waals surface area contributed by atoms with Crippen molar-refractivity contribution in [3.63, 3.8) is 0 Å². The summed E-state index contributed by atoms with van der Waals surface area (Å²) >= 11 is 0. The smallest absolute Gasteiger partial charge is 0.327 e. The number of hydrogen-bond donors (Lipinski definition) is 2. The highest BCUT2D eigenvalue weighted by molar-refractivity contribution is 7.89. The monoisotopic (exact) mass is 303 g/mol. The van der Waals surface area contributed by atoms with Gasteiger partial charge in [0.15, 0.2) is 5.54 Å². The number of halogens is 1. The number of ether oxygens (including phenoxy) is 1. The predicted molar refractivity (Wildman–Crippen MR) is 67.3 cm³/mol. The minimum atomic E-state index is -4.29. The van der Waals surface area contributed by atoms with Crippen LogP contribution >= 0.6 is 0 Å². The maximum absolute atomic E-state index is 13.7. The third-order valence-electron chi connectivity index (χ3n) is 3.14. The number of carboxylic acid groups (broad SMARTS) is 1. The van der Waals surface area contributed by atoms with E-state index in [1.807, 2.05) is 0 Å². The van der Waals surface area contributed by atoms with Gasteiger partial charge in [0.05, 0.1) is 6.61 Å². The zero-order valence-corrected chi connectivity index (χ0v) is 11.5. The summed E-state index contributed by atoms with van der Waals surface area (Å²) < 4.78 is 45.1. The molecule has 1 aromatic carbocycles. The molecule has 8 heteroatoms. The van der Waals surface area contributed by atoms with Gasteiger partial charge in [0.25, 0.3) is 0 Å². The van der Waals surface area contributed by atoms with Crippen LogP contribution in [-0.4, -0.2) is 38.2 Å². The summed E-state index contributed by atoms with van der Waals surface area (Å²) in [4.78, 5) is 10.7. The number of rotatable bonds is 4. The summed E-state index contributed by atoms with van der Waals surface area (Å²) in [5.41, 5.74) is -1.19. The van der Waals surface area contributed by atoms with Crippen molar-refractivity contribution in [2.75, 3.05) is 13.2 Å². The summed E-state index contributed by atoms with van der Waals surface area (Å²) in [5, 5.41) is 9.20. The number of hydrogen-bond acceptors (Lipinski definition) is 4. The molecule has 0 saturated carbocycles. The van der Waals surface area contributed by atoms with E-state index in [9.17, 15) is 22.7 Å². The van der Waals surface area contributed by atoms with Gasteiger partial charge in [-0.15, -0.1) is 0 Å². The van der Waals surface area contributed by atoms with Gasteiger partial charge in [-0.2, -0.15) is 4.72 Å². The maximum Gasteiger partial charge on any atom is 0.327 e. The molecule has 0 spiro atoms. The summed E-state index contributed by atoms with van der Waals surface area (Å²) in [7, 11) is -4.29. The molecule has 0 radical (unpaired) electrons. The van der Waals surface area contributed by atoms with Gasteiger partial charge in [0, 0.05) is 13.0 Å². The zero-order chi connectivity index (χ0) is 15.0. The standard InChI is InChI=1S/C12H14FNO5S/c1-8-2-3-9(13)10(6-8)20(17,18)14-12(11(15)16)4-5-19-7-12/h2-3,6,14H,4-5,7H2,1H3,(H,15,16). The first-order valence-corrected chi connectivity index (χ1v) is 7.36. The summed E-state index contributed by atoms with van der Waals surface area (Å²) in [6.45, 7) is 1.46. The van der Waals surface area contributed by atoms with Crippen LogP contribution in [0.2, 0.25) is 0 Å². The molecule has 1 aliphatic heterocycles. The second kappa shape index (κ2) is 5.12. The number of nitrogens with one attached hydrogen (secondary N) is 1. The molecule has 2 N–H and O–H groups in total. The Bertz CT molecular complexity index is 637. The Labute approximate surface area is 115 Å². The van der Waals surface area contributed by atoms with Crippen LogP contribution in [0.4, 0.5) is 4.39 Å². The molecule has 2 rings (SSSR count). The highest BCUT2D eigenvalue weighted by Gasteiger charge is 2.46. The SMILES string of the molecule is Cc1ccc(F)c(S(=O)(=O)NC2(C(=O)O)CCOC2)c1. The van der Waals surface area contributed by atoms with Crippen molar-refractivity contribution in [1.82, 2.24) is 4.72 Å². The molecule has 1 fully saturated rings. The van der Waals surface area contributed by atoms with E-state index in [1.165, 1.54) is 6.07 Å². The Morgan fingerprint density at radius 2 is 2.20 bits per heavy atom. The van der Waals surface area contributed by atoms with Crippen LogP contribution < -0.4 is 4.72 Å². The van der Waals surface area contributed by atoms with Crippen molar-refractivity contribution >= 4 is 16.0 Å². The Hall–Kier alpha value is -1.51. The molecule has 0 aliphatic carbocycles. The Morgan fingerprint density at radius 3 is 2.75 bits per heavy atom. The highest BCUT2D eigenvalue weighted by Crippen LogP contribution is 2.24. The van der Waals surface area contributed by atoms with Crippen LogP contribution in [-0.2, 0) is 19.6 Å². The fraction of sp³-hybridized carbons (Fsp3) is 0.417. The minimum absolute atomic E-state index is 0.00496. The average molecular weight is 303 g/mol. The van der Waals surface area contributed by atoms with Crippen molar-refractivity contribution in [1.29, 1.82) is 0 Å². The van der Waals surface area contributed by atoms with Crippen LogP contribution in [0.25, 0.3) is 0 Å². The van der Waals surface area contributed by atoms with E-state index in [-0.39, 0.29) is 19.6 Å². The normalized spacial score (nSPS) is 22.9.